The molecule has 2 aromatic rings. The molecule has 1 aromatic carbocycles. The van der Waals surface area contributed by atoms with Crippen molar-refractivity contribution in [2.24, 2.45) is 0 Å². The first-order valence-corrected chi connectivity index (χ1v) is 5.86. The molecule has 2 nitrogen and oxygen atoms in total. The Hall–Kier alpha value is -1.41. The van der Waals surface area contributed by atoms with Crippen LogP contribution in [-0.2, 0) is 6.54 Å². The third-order valence-electron chi connectivity index (χ3n) is 2.65. The van der Waals surface area contributed by atoms with E-state index in [0.717, 1.165) is 24.3 Å². The number of fused-ring (bicyclic) bond motifs is 1. The predicted octanol–water partition coefficient (Wildman–Crippen LogP) is 3.04. The van der Waals surface area contributed by atoms with Crippen molar-refractivity contribution < 1.29 is 0 Å². The summed E-state index contributed by atoms with van der Waals surface area (Å²) >= 11 is 0. The van der Waals surface area contributed by atoms with Gasteiger partial charge >= 0.3 is 0 Å². The molecule has 2 heteroatoms. The van der Waals surface area contributed by atoms with Crippen molar-refractivity contribution in [1.29, 1.82) is 0 Å². The van der Waals surface area contributed by atoms with Crippen LogP contribution in [0.15, 0.2) is 30.3 Å². The van der Waals surface area contributed by atoms with E-state index in [4.69, 9.17) is 0 Å². The van der Waals surface area contributed by atoms with E-state index in [0.29, 0.717) is 0 Å². The number of benzene rings is 1. The second kappa shape index (κ2) is 5.08. The zero-order valence-corrected chi connectivity index (χ0v) is 9.96. The Labute approximate surface area is 96.7 Å². The highest BCUT2D eigenvalue weighted by Crippen LogP contribution is 2.14. The Morgan fingerprint density at radius 2 is 2.06 bits per heavy atom. The van der Waals surface area contributed by atoms with E-state index in [1.807, 2.05) is 6.92 Å². The van der Waals surface area contributed by atoms with E-state index in [-0.39, 0.29) is 0 Å². The molecule has 1 N–H and O–H groups in total. The minimum absolute atomic E-state index is 0.942. The average molecular weight is 214 g/mol. The van der Waals surface area contributed by atoms with Crippen molar-refractivity contribution in [2.45, 2.75) is 26.8 Å². The lowest BCUT2D eigenvalue weighted by Crippen LogP contribution is -2.13. The number of pyridine rings is 1. The molecule has 0 aliphatic rings. The van der Waals surface area contributed by atoms with Crippen LogP contribution < -0.4 is 5.32 Å². The number of nitrogens with zero attached hydrogens (tertiary/aromatic N) is 1. The minimum Gasteiger partial charge on any atom is -0.313 e. The highest BCUT2D eigenvalue weighted by atomic mass is 14.8. The van der Waals surface area contributed by atoms with Gasteiger partial charge in [0.25, 0.3) is 0 Å². The summed E-state index contributed by atoms with van der Waals surface area (Å²) in [7, 11) is 0. The summed E-state index contributed by atoms with van der Waals surface area (Å²) in [5.41, 5.74) is 3.48. The van der Waals surface area contributed by atoms with Gasteiger partial charge in [0, 0.05) is 17.6 Å². The summed E-state index contributed by atoms with van der Waals surface area (Å²) < 4.78 is 0. The maximum absolute atomic E-state index is 4.49. The highest BCUT2D eigenvalue weighted by Gasteiger charge is 1.97. The first kappa shape index (κ1) is 11.1. The highest BCUT2D eigenvalue weighted by molar-refractivity contribution is 5.79. The average Bonchev–Trinajstić information content (AvgIpc) is 2.29. The number of aryl methyl sites for hydroxylation is 1. The van der Waals surface area contributed by atoms with Crippen LogP contribution in [0.25, 0.3) is 10.9 Å². The van der Waals surface area contributed by atoms with Gasteiger partial charge in [-0.1, -0.05) is 19.1 Å². The zero-order valence-electron chi connectivity index (χ0n) is 9.96. The molecule has 0 saturated carbocycles. The van der Waals surface area contributed by atoms with Crippen LogP contribution in [0.5, 0.6) is 0 Å². The molecule has 16 heavy (non-hydrogen) atoms. The molecule has 0 bridgehead atoms. The zero-order chi connectivity index (χ0) is 11.4. The minimum atomic E-state index is 0.942. The van der Waals surface area contributed by atoms with Gasteiger partial charge in [-0.05, 0) is 43.7 Å². The molecule has 0 atom stereocenters. The Bertz CT molecular complexity index is 477. The topological polar surface area (TPSA) is 24.9 Å². The third kappa shape index (κ3) is 2.58. The van der Waals surface area contributed by atoms with Crippen LogP contribution in [0.1, 0.15) is 24.6 Å². The molecule has 0 aliphatic carbocycles. The van der Waals surface area contributed by atoms with Crippen molar-refractivity contribution in [1.82, 2.24) is 10.3 Å². The summed E-state index contributed by atoms with van der Waals surface area (Å²) in [4.78, 5) is 4.49. The van der Waals surface area contributed by atoms with Crippen molar-refractivity contribution in [3.05, 3.63) is 41.6 Å². The molecule has 0 fully saturated rings. The standard InChI is InChI=1S/C14H18N2/c1-3-8-15-10-12-5-7-14-13(9-12)6-4-11(2)16-14/h4-7,9,15H,3,8,10H2,1-2H3. The lowest BCUT2D eigenvalue weighted by molar-refractivity contribution is 0.676. The molecule has 1 heterocycles. The van der Waals surface area contributed by atoms with E-state index in [1.54, 1.807) is 0 Å². The first-order valence-electron chi connectivity index (χ1n) is 5.86. The van der Waals surface area contributed by atoms with Crippen LogP contribution in [0.4, 0.5) is 0 Å². The van der Waals surface area contributed by atoms with E-state index < -0.39 is 0 Å². The fourth-order valence-corrected chi connectivity index (χ4v) is 1.80. The smallest absolute Gasteiger partial charge is 0.0705 e. The number of nitrogens with one attached hydrogen (secondary N) is 1. The van der Waals surface area contributed by atoms with E-state index in [1.165, 1.54) is 17.4 Å². The van der Waals surface area contributed by atoms with E-state index in [9.17, 15) is 0 Å². The van der Waals surface area contributed by atoms with Crippen LogP contribution in [0.3, 0.4) is 0 Å². The summed E-state index contributed by atoms with van der Waals surface area (Å²) in [6, 6.07) is 10.7. The Morgan fingerprint density at radius 3 is 2.88 bits per heavy atom. The number of rotatable bonds is 4. The van der Waals surface area contributed by atoms with Crippen molar-refractivity contribution in [2.75, 3.05) is 6.54 Å². The molecule has 1 aromatic heterocycles. The van der Waals surface area contributed by atoms with Crippen molar-refractivity contribution in [3.63, 3.8) is 0 Å². The molecule has 2 rings (SSSR count). The van der Waals surface area contributed by atoms with Crippen LogP contribution >= 0.6 is 0 Å². The van der Waals surface area contributed by atoms with Gasteiger partial charge in [-0.3, -0.25) is 4.98 Å². The predicted molar refractivity (Wildman–Crippen MR) is 68.5 cm³/mol. The van der Waals surface area contributed by atoms with E-state index in [2.05, 4.69) is 47.6 Å². The fraction of sp³-hybridized carbons (Fsp3) is 0.357. The second-order valence-electron chi connectivity index (χ2n) is 4.16. The first-order chi connectivity index (χ1) is 7.79. The number of aromatic nitrogens is 1. The normalized spacial score (nSPS) is 10.9. The summed E-state index contributed by atoms with van der Waals surface area (Å²) in [6.45, 7) is 6.22. The lowest BCUT2D eigenvalue weighted by Gasteiger charge is -2.05. The van der Waals surface area contributed by atoms with Gasteiger partial charge in [0.2, 0.25) is 0 Å². The van der Waals surface area contributed by atoms with E-state index >= 15 is 0 Å². The fourth-order valence-electron chi connectivity index (χ4n) is 1.80. The molecular formula is C14H18N2. The molecular weight excluding hydrogens is 196 g/mol. The molecule has 0 unspecified atom stereocenters. The van der Waals surface area contributed by atoms with Gasteiger partial charge in [0.1, 0.15) is 0 Å². The largest absolute Gasteiger partial charge is 0.313 e. The Morgan fingerprint density at radius 1 is 1.19 bits per heavy atom. The lowest BCUT2D eigenvalue weighted by atomic mass is 10.1. The molecule has 0 amide bonds. The quantitative estimate of drug-likeness (QED) is 0.791. The van der Waals surface area contributed by atoms with Gasteiger partial charge in [-0.25, -0.2) is 0 Å². The van der Waals surface area contributed by atoms with Gasteiger partial charge in [-0.15, -0.1) is 0 Å². The Balaban J connectivity index is 2.20. The van der Waals surface area contributed by atoms with Crippen molar-refractivity contribution in [3.8, 4) is 0 Å². The maximum atomic E-state index is 4.49. The summed E-state index contributed by atoms with van der Waals surface area (Å²) in [5.74, 6) is 0. The van der Waals surface area contributed by atoms with Crippen LogP contribution in [-0.4, -0.2) is 11.5 Å². The molecule has 84 valence electrons. The van der Waals surface area contributed by atoms with Gasteiger partial charge in [0.15, 0.2) is 0 Å². The van der Waals surface area contributed by atoms with Gasteiger partial charge in [-0.2, -0.15) is 0 Å². The molecule has 0 saturated heterocycles. The summed E-state index contributed by atoms with van der Waals surface area (Å²) in [6.07, 6.45) is 1.17. The number of hydrogen-bond acceptors (Lipinski definition) is 2. The van der Waals surface area contributed by atoms with Crippen LogP contribution in [0.2, 0.25) is 0 Å². The van der Waals surface area contributed by atoms with Crippen LogP contribution in [0, 0.1) is 6.92 Å². The molecule has 0 aliphatic heterocycles. The molecule has 0 radical (unpaired) electrons. The number of hydrogen-bond donors (Lipinski definition) is 1. The van der Waals surface area contributed by atoms with Gasteiger partial charge < -0.3 is 5.32 Å². The Kier molecular flexibility index (Phi) is 3.52. The van der Waals surface area contributed by atoms with Crippen molar-refractivity contribution >= 4 is 10.9 Å². The monoisotopic (exact) mass is 214 g/mol. The second-order valence-corrected chi connectivity index (χ2v) is 4.16. The van der Waals surface area contributed by atoms with Gasteiger partial charge in [0.05, 0.1) is 5.52 Å². The summed E-state index contributed by atoms with van der Waals surface area (Å²) in [5, 5.41) is 4.63. The maximum Gasteiger partial charge on any atom is 0.0705 e. The SMILES string of the molecule is CCCNCc1ccc2nc(C)ccc2c1. The third-order valence-corrected chi connectivity index (χ3v) is 2.65. The molecule has 0 spiro atoms.